The molecule has 0 radical (unpaired) electrons. The number of amides is 1. The van der Waals surface area contributed by atoms with Crippen LogP contribution in [0.2, 0.25) is 0 Å². The van der Waals surface area contributed by atoms with Crippen molar-refractivity contribution in [3.8, 4) is 11.6 Å². The zero-order chi connectivity index (χ0) is 24.7. The first-order chi connectivity index (χ1) is 16.9. The van der Waals surface area contributed by atoms with E-state index in [2.05, 4.69) is 15.0 Å². The second-order valence-electron chi connectivity index (χ2n) is 7.47. The van der Waals surface area contributed by atoms with Gasteiger partial charge in [-0.15, -0.1) is 0 Å². The van der Waals surface area contributed by atoms with Gasteiger partial charge in [0.05, 0.1) is 23.9 Å². The Bertz CT molecular complexity index is 1370. The summed E-state index contributed by atoms with van der Waals surface area (Å²) in [4.78, 5) is 16.8. The summed E-state index contributed by atoms with van der Waals surface area (Å²) in [7, 11) is -2.28. The molecule has 2 N–H and O–H groups in total. The van der Waals surface area contributed by atoms with Gasteiger partial charge in [-0.3, -0.25) is 9.52 Å². The molecule has 3 aromatic carbocycles. The molecule has 35 heavy (non-hydrogen) atoms. The fraction of sp³-hybridized carbons (Fsp3) is 0.0769. The maximum Gasteiger partial charge on any atom is 0.261 e. The van der Waals surface area contributed by atoms with Crippen LogP contribution in [0.1, 0.15) is 15.9 Å². The molecule has 0 fully saturated rings. The topological polar surface area (TPSA) is 107 Å². The average molecular weight is 490 g/mol. The Kier molecular flexibility index (Phi) is 7.27. The lowest BCUT2D eigenvalue weighted by molar-refractivity contribution is 0.102. The Hall–Kier alpha value is -4.37. The van der Waals surface area contributed by atoms with Gasteiger partial charge >= 0.3 is 0 Å². The number of anilines is 2. The van der Waals surface area contributed by atoms with E-state index in [4.69, 9.17) is 9.47 Å². The second kappa shape index (κ2) is 10.7. The number of rotatable bonds is 9. The molecule has 1 aromatic heterocycles. The third kappa shape index (κ3) is 6.36. The quantitative estimate of drug-likeness (QED) is 0.352. The fourth-order valence-corrected chi connectivity index (χ4v) is 4.19. The summed E-state index contributed by atoms with van der Waals surface area (Å²) < 4.78 is 38.5. The number of hydrogen-bond donors (Lipinski definition) is 2. The summed E-state index contributed by atoms with van der Waals surface area (Å²) in [6.07, 6.45) is 1.50. The van der Waals surface area contributed by atoms with Crippen molar-refractivity contribution in [1.29, 1.82) is 0 Å². The van der Waals surface area contributed by atoms with Gasteiger partial charge in [0.15, 0.2) is 0 Å². The van der Waals surface area contributed by atoms with Crippen LogP contribution < -0.4 is 19.5 Å². The maximum absolute atomic E-state index is 12.6. The lowest BCUT2D eigenvalue weighted by Gasteiger charge is -2.10. The van der Waals surface area contributed by atoms with Crippen LogP contribution in [-0.2, 0) is 16.6 Å². The summed E-state index contributed by atoms with van der Waals surface area (Å²) in [5.41, 5.74) is 2.21. The predicted octanol–water partition coefficient (Wildman–Crippen LogP) is 4.72. The zero-order valence-electron chi connectivity index (χ0n) is 18.8. The molecule has 0 unspecified atom stereocenters. The lowest BCUT2D eigenvalue weighted by Crippen LogP contribution is -2.15. The molecule has 1 amide bonds. The highest BCUT2D eigenvalue weighted by Crippen LogP contribution is 2.20. The van der Waals surface area contributed by atoms with Crippen molar-refractivity contribution < 1.29 is 22.7 Å². The lowest BCUT2D eigenvalue weighted by atomic mass is 10.2. The van der Waals surface area contributed by atoms with Crippen LogP contribution in [0.15, 0.2) is 102 Å². The van der Waals surface area contributed by atoms with Crippen LogP contribution in [0.5, 0.6) is 11.6 Å². The van der Waals surface area contributed by atoms with Crippen molar-refractivity contribution in [3.05, 3.63) is 108 Å². The SMILES string of the molecule is COc1ccc(NS(=O)(=O)c2ccc(C(=O)Nc3ccc(OCc4ccccc4)nc3)cc2)cc1. The van der Waals surface area contributed by atoms with Crippen molar-refractivity contribution in [1.82, 2.24) is 4.98 Å². The van der Waals surface area contributed by atoms with Gasteiger partial charge < -0.3 is 14.8 Å². The van der Waals surface area contributed by atoms with E-state index in [0.717, 1.165) is 5.56 Å². The Balaban J connectivity index is 1.35. The number of nitrogens with zero attached hydrogens (tertiary/aromatic N) is 1. The number of aromatic nitrogens is 1. The van der Waals surface area contributed by atoms with Gasteiger partial charge in [0.2, 0.25) is 5.88 Å². The van der Waals surface area contributed by atoms with E-state index in [0.29, 0.717) is 35.2 Å². The van der Waals surface area contributed by atoms with Crippen LogP contribution in [-0.4, -0.2) is 26.4 Å². The predicted molar refractivity (Wildman–Crippen MR) is 133 cm³/mol. The summed E-state index contributed by atoms with van der Waals surface area (Å²) >= 11 is 0. The molecule has 0 spiro atoms. The van der Waals surface area contributed by atoms with E-state index in [1.54, 1.807) is 36.4 Å². The summed E-state index contributed by atoms with van der Waals surface area (Å²) in [5.74, 6) is 0.662. The van der Waals surface area contributed by atoms with Crippen molar-refractivity contribution in [3.63, 3.8) is 0 Å². The third-order valence-corrected chi connectivity index (χ3v) is 6.39. The van der Waals surface area contributed by atoms with Gasteiger partial charge in [-0.2, -0.15) is 0 Å². The second-order valence-corrected chi connectivity index (χ2v) is 9.15. The number of carbonyl (C=O) groups excluding carboxylic acids is 1. The van der Waals surface area contributed by atoms with E-state index in [-0.39, 0.29) is 4.90 Å². The van der Waals surface area contributed by atoms with Gasteiger partial charge in [-0.25, -0.2) is 13.4 Å². The molecular weight excluding hydrogens is 466 g/mol. The van der Waals surface area contributed by atoms with Gasteiger partial charge in [0.25, 0.3) is 15.9 Å². The molecule has 0 atom stereocenters. The van der Waals surface area contributed by atoms with Crippen molar-refractivity contribution in [2.45, 2.75) is 11.5 Å². The van der Waals surface area contributed by atoms with E-state index in [1.165, 1.54) is 37.6 Å². The molecule has 0 aliphatic rings. The fourth-order valence-electron chi connectivity index (χ4n) is 3.13. The van der Waals surface area contributed by atoms with Gasteiger partial charge in [0, 0.05) is 17.3 Å². The Morgan fingerprint density at radius 3 is 2.17 bits per heavy atom. The molecule has 178 valence electrons. The number of nitrogens with one attached hydrogen (secondary N) is 2. The largest absolute Gasteiger partial charge is 0.497 e. The number of benzene rings is 3. The first-order valence-corrected chi connectivity index (χ1v) is 12.1. The smallest absolute Gasteiger partial charge is 0.261 e. The Morgan fingerprint density at radius 1 is 0.857 bits per heavy atom. The molecule has 0 bridgehead atoms. The van der Waals surface area contributed by atoms with E-state index >= 15 is 0 Å². The van der Waals surface area contributed by atoms with Crippen molar-refractivity contribution in [2.75, 3.05) is 17.1 Å². The van der Waals surface area contributed by atoms with Crippen LogP contribution in [0, 0.1) is 0 Å². The molecule has 1 heterocycles. The summed E-state index contributed by atoms with van der Waals surface area (Å²) in [6.45, 7) is 0.391. The Morgan fingerprint density at radius 2 is 1.54 bits per heavy atom. The zero-order valence-corrected chi connectivity index (χ0v) is 19.7. The first kappa shape index (κ1) is 23.8. The number of ether oxygens (including phenoxy) is 2. The molecular formula is C26H23N3O5S. The van der Waals surface area contributed by atoms with Gasteiger partial charge in [-0.05, 0) is 60.2 Å². The minimum absolute atomic E-state index is 0.0338. The van der Waals surface area contributed by atoms with Crippen molar-refractivity contribution >= 4 is 27.3 Å². The minimum atomic E-state index is -3.81. The molecule has 4 rings (SSSR count). The highest BCUT2D eigenvalue weighted by atomic mass is 32.2. The molecule has 4 aromatic rings. The Labute approximate surface area is 203 Å². The minimum Gasteiger partial charge on any atom is -0.497 e. The standard InChI is InChI=1S/C26H23N3O5S/c1-33-23-12-9-21(10-13-23)29-35(31,32)24-14-7-20(8-15-24)26(30)28-22-11-16-25(27-17-22)34-18-19-5-3-2-4-6-19/h2-17,29H,18H2,1H3,(H,28,30). The molecule has 0 saturated carbocycles. The van der Waals surface area contributed by atoms with E-state index < -0.39 is 15.9 Å². The summed E-state index contributed by atoms with van der Waals surface area (Å²) in [6, 6.07) is 25.2. The molecule has 0 saturated heterocycles. The highest BCUT2D eigenvalue weighted by molar-refractivity contribution is 7.92. The monoisotopic (exact) mass is 489 g/mol. The van der Waals surface area contributed by atoms with Crippen molar-refractivity contribution in [2.24, 2.45) is 0 Å². The van der Waals surface area contributed by atoms with Crippen LogP contribution >= 0.6 is 0 Å². The number of methoxy groups -OCH3 is 1. The molecule has 9 heteroatoms. The molecule has 0 aliphatic carbocycles. The normalized spacial score (nSPS) is 10.9. The molecule has 0 aliphatic heterocycles. The molecule has 8 nitrogen and oxygen atoms in total. The summed E-state index contributed by atoms with van der Waals surface area (Å²) in [5, 5.41) is 2.73. The van der Waals surface area contributed by atoms with Crippen LogP contribution in [0.25, 0.3) is 0 Å². The van der Waals surface area contributed by atoms with Gasteiger partial charge in [-0.1, -0.05) is 30.3 Å². The van der Waals surface area contributed by atoms with E-state index in [9.17, 15) is 13.2 Å². The maximum atomic E-state index is 12.6. The number of sulfonamides is 1. The van der Waals surface area contributed by atoms with Gasteiger partial charge in [0.1, 0.15) is 12.4 Å². The number of carbonyl (C=O) groups is 1. The number of pyridine rings is 1. The van der Waals surface area contributed by atoms with E-state index in [1.807, 2.05) is 30.3 Å². The first-order valence-electron chi connectivity index (χ1n) is 10.6. The number of hydrogen-bond acceptors (Lipinski definition) is 6. The highest BCUT2D eigenvalue weighted by Gasteiger charge is 2.15. The average Bonchev–Trinajstić information content (AvgIpc) is 2.89. The van der Waals surface area contributed by atoms with Crippen LogP contribution in [0.4, 0.5) is 11.4 Å². The third-order valence-electron chi connectivity index (χ3n) is 4.99. The van der Waals surface area contributed by atoms with Crippen LogP contribution in [0.3, 0.4) is 0 Å².